The van der Waals surface area contributed by atoms with E-state index < -0.39 is 17.2 Å². The Bertz CT molecular complexity index is 833. The molecule has 2 aromatic heterocycles. The van der Waals surface area contributed by atoms with Crippen molar-refractivity contribution in [3.05, 3.63) is 42.2 Å². The maximum atomic E-state index is 12.7. The van der Waals surface area contributed by atoms with E-state index >= 15 is 0 Å². The predicted molar refractivity (Wildman–Crippen MR) is 104 cm³/mol. The van der Waals surface area contributed by atoms with Gasteiger partial charge < -0.3 is 25.3 Å². The normalized spacial score (nSPS) is 27.0. The van der Waals surface area contributed by atoms with Crippen LogP contribution in [0.3, 0.4) is 0 Å². The van der Waals surface area contributed by atoms with Crippen molar-refractivity contribution in [3.63, 3.8) is 0 Å². The number of pyridine rings is 1. The summed E-state index contributed by atoms with van der Waals surface area (Å²) < 4.78 is 6.10. The number of carbonyl (C=O) groups excluding carboxylic acids is 1. The van der Waals surface area contributed by atoms with E-state index in [9.17, 15) is 15.0 Å². The summed E-state index contributed by atoms with van der Waals surface area (Å²) in [4.78, 5) is 26.1. The van der Waals surface area contributed by atoms with Crippen LogP contribution in [-0.2, 0) is 11.3 Å². The van der Waals surface area contributed by atoms with E-state index in [1.54, 1.807) is 6.33 Å². The molecule has 9 nitrogen and oxygen atoms in total. The molecule has 156 valence electrons. The predicted octanol–water partition coefficient (Wildman–Crippen LogP) is 0.815. The Hall–Kier alpha value is -2.49. The molecule has 2 fully saturated rings. The molecule has 1 amide bonds. The van der Waals surface area contributed by atoms with E-state index in [1.807, 2.05) is 13.1 Å². The van der Waals surface area contributed by atoms with Crippen LogP contribution in [0, 0.1) is 0 Å². The molecule has 4 N–H and O–H groups in total. The highest BCUT2D eigenvalue weighted by Gasteiger charge is 2.53. The third-order valence-corrected chi connectivity index (χ3v) is 6.14. The first-order valence-electron chi connectivity index (χ1n) is 9.89. The number of piperidine rings is 1. The number of aromatic amines is 1. The number of hydrogen-bond donors (Lipinski definition) is 4. The van der Waals surface area contributed by atoms with Crippen molar-refractivity contribution in [2.75, 3.05) is 19.7 Å². The minimum Gasteiger partial charge on any atom is -0.506 e. The summed E-state index contributed by atoms with van der Waals surface area (Å²) >= 11 is 0. The number of aromatic hydroxyl groups is 1. The molecule has 1 spiro atoms. The number of imidazole rings is 1. The number of rotatable bonds is 4. The van der Waals surface area contributed by atoms with E-state index in [0.29, 0.717) is 25.9 Å². The van der Waals surface area contributed by atoms with Gasteiger partial charge in [0.2, 0.25) is 0 Å². The van der Waals surface area contributed by atoms with Crippen LogP contribution in [0.5, 0.6) is 5.75 Å². The zero-order valence-electron chi connectivity index (χ0n) is 16.5. The molecule has 9 heteroatoms. The number of ether oxygens (including phenoxy) is 1. The Balaban J connectivity index is 1.42. The number of aliphatic hydroxyl groups excluding tert-OH is 1. The minimum absolute atomic E-state index is 0.000273. The first-order valence-corrected chi connectivity index (χ1v) is 9.89. The van der Waals surface area contributed by atoms with Gasteiger partial charge in [0.15, 0.2) is 0 Å². The molecule has 2 aromatic rings. The summed E-state index contributed by atoms with van der Waals surface area (Å²) in [5, 5.41) is 23.6. The average Bonchev–Trinajstić information content (AvgIpc) is 3.21. The summed E-state index contributed by atoms with van der Waals surface area (Å²) in [6.07, 6.45) is 5.77. The Morgan fingerprint density at radius 3 is 2.79 bits per heavy atom. The molecule has 4 rings (SSSR count). The van der Waals surface area contributed by atoms with Crippen molar-refractivity contribution in [3.8, 4) is 5.75 Å². The maximum absolute atomic E-state index is 12.7. The van der Waals surface area contributed by atoms with E-state index in [2.05, 4.69) is 25.2 Å². The minimum atomic E-state index is -0.834. The van der Waals surface area contributed by atoms with Gasteiger partial charge >= 0.3 is 0 Å². The van der Waals surface area contributed by atoms with Crippen molar-refractivity contribution in [1.82, 2.24) is 25.2 Å². The van der Waals surface area contributed by atoms with Gasteiger partial charge in [-0.15, -0.1) is 0 Å². The van der Waals surface area contributed by atoms with Gasteiger partial charge in [0, 0.05) is 38.1 Å². The number of likely N-dealkylation sites (tertiary alicyclic amines) is 1. The monoisotopic (exact) mass is 401 g/mol. The van der Waals surface area contributed by atoms with Crippen molar-refractivity contribution < 1.29 is 19.7 Å². The zero-order valence-corrected chi connectivity index (χ0v) is 16.5. The number of carbonyl (C=O) groups is 1. The van der Waals surface area contributed by atoms with Crippen molar-refractivity contribution in [1.29, 1.82) is 0 Å². The molecule has 0 radical (unpaired) electrons. The number of nitrogens with one attached hydrogen (secondary N) is 2. The Labute approximate surface area is 169 Å². The second-order valence-electron chi connectivity index (χ2n) is 8.19. The molecule has 0 bridgehead atoms. The second-order valence-corrected chi connectivity index (χ2v) is 8.19. The molecule has 4 heterocycles. The van der Waals surface area contributed by atoms with Gasteiger partial charge in [-0.3, -0.25) is 9.69 Å². The smallest absolute Gasteiger partial charge is 0.270 e. The quantitative estimate of drug-likeness (QED) is 0.598. The molecule has 2 aliphatic heterocycles. The van der Waals surface area contributed by atoms with Crippen LogP contribution < -0.4 is 5.32 Å². The highest BCUT2D eigenvalue weighted by atomic mass is 16.5. The summed E-state index contributed by atoms with van der Waals surface area (Å²) in [6.45, 7) is 4.70. The van der Waals surface area contributed by atoms with Gasteiger partial charge in [0.1, 0.15) is 17.5 Å². The summed E-state index contributed by atoms with van der Waals surface area (Å²) in [5.74, 6) is -0.375. The van der Waals surface area contributed by atoms with Crippen LogP contribution in [0.15, 0.2) is 30.9 Å². The van der Waals surface area contributed by atoms with Crippen LogP contribution in [0.4, 0.5) is 0 Å². The average molecular weight is 401 g/mol. The van der Waals surface area contributed by atoms with Gasteiger partial charge in [-0.05, 0) is 38.3 Å². The third kappa shape index (κ3) is 3.98. The SMILES string of the molecule is C[C@@]1(NC(=O)c2ccc(O)cn2)CCOC2(CCN(Cc3cnc[nH]3)CC2)[C@H]1O. The first-order chi connectivity index (χ1) is 13.9. The summed E-state index contributed by atoms with van der Waals surface area (Å²) in [7, 11) is 0. The molecule has 29 heavy (non-hydrogen) atoms. The molecule has 0 saturated carbocycles. The van der Waals surface area contributed by atoms with Crippen LogP contribution in [0.25, 0.3) is 0 Å². The Morgan fingerprint density at radius 2 is 2.14 bits per heavy atom. The molecular weight excluding hydrogens is 374 g/mol. The van der Waals surface area contributed by atoms with E-state index in [0.717, 1.165) is 25.3 Å². The standard InChI is InChI=1S/C20H27N5O4/c1-19(24-17(27)16-3-2-15(26)11-22-16)6-9-29-20(18(19)28)4-7-25(8-5-20)12-14-10-21-13-23-14/h2-3,10-11,13,18,26,28H,4-9,12H2,1H3,(H,21,23)(H,24,27)/t18-,19+/m0/s1. The van der Waals surface area contributed by atoms with Crippen molar-refractivity contribution >= 4 is 5.91 Å². The summed E-state index contributed by atoms with van der Waals surface area (Å²) in [5.41, 5.74) is -0.233. The molecule has 0 aliphatic carbocycles. The molecule has 2 aliphatic rings. The van der Waals surface area contributed by atoms with Crippen LogP contribution in [0.1, 0.15) is 42.4 Å². The van der Waals surface area contributed by atoms with E-state index in [4.69, 9.17) is 4.74 Å². The lowest BCUT2D eigenvalue weighted by Gasteiger charge is -2.53. The summed E-state index contributed by atoms with van der Waals surface area (Å²) in [6, 6.07) is 2.88. The van der Waals surface area contributed by atoms with Gasteiger partial charge in [0.25, 0.3) is 5.91 Å². The second kappa shape index (κ2) is 7.74. The molecule has 0 unspecified atom stereocenters. The largest absolute Gasteiger partial charge is 0.506 e. The van der Waals surface area contributed by atoms with Crippen LogP contribution in [0.2, 0.25) is 0 Å². The lowest BCUT2D eigenvalue weighted by molar-refractivity contribution is -0.206. The fourth-order valence-electron chi connectivity index (χ4n) is 4.36. The Kier molecular flexibility index (Phi) is 5.28. The van der Waals surface area contributed by atoms with E-state index in [-0.39, 0.29) is 17.4 Å². The number of nitrogens with zero attached hydrogens (tertiary/aromatic N) is 3. The van der Waals surface area contributed by atoms with Gasteiger partial charge in [0.05, 0.1) is 23.7 Å². The molecule has 2 atom stereocenters. The number of amides is 1. The number of aliphatic hydroxyl groups is 1. The van der Waals surface area contributed by atoms with E-state index in [1.165, 1.54) is 18.3 Å². The lowest BCUT2D eigenvalue weighted by atomic mass is 9.73. The fourth-order valence-corrected chi connectivity index (χ4v) is 4.36. The van der Waals surface area contributed by atoms with Crippen molar-refractivity contribution in [2.45, 2.75) is 50.0 Å². The highest BCUT2D eigenvalue weighted by Crippen LogP contribution is 2.40. The third-order valence-electron chi connectivity index (χ3n) is 6.14. The van der Waals surface area contributed by atoms with Gasteiger partial charge in [-0.1, -0.05) is 0 Å². The topological polar surface area (TPSA) is 124 Å². The molecule has 2 saturated heterocycles. The van der Waals surface area contributed by atoms with Crippen LogP contribution in [-0.4, -0.2) is 72.9 Å². The highest BCUT2D eigenvalue weighted by molar-refractivity contribution is 5.92. The van der Waals surface area contributed by atoms with Crippen LogP contribution >= 0.6 is 0 Å². The molecule has 0 aromatic carbocycles. The Morgan fingerprint density at radius 1 is 1.34 bits per heavy atom. The first kappa shape index (κ1) is 19.8. The number of hydrogen-bond acceptors (Lipinski definition) is 7. The van der Waals surface area contributed by atoms with Gasteiger partial charge in [-0.25, -0.2) is 9.97 Å². The zero-order chi connectivity index (χ0) is 20.5. The number of aromatic nitrogens is 3. The van der Waals surface area contributed by atoms with Gasteiger partial charge in [-0.2, -0.15) is 0 Å². The molecular formula is C20H27N5O4. The number of H-pyrrole nitrogens is 1. The lowest BCUT2D eigenvalue weighted by Crippen LogP contribution is -2.69. The maximum Gasteiger partial charge on any atom is 0.270 e. The fraction of sp³-hybridized carbons (Fsp3) is 0.550. The van der Waals surface area contributed by atoms with Crippen molar-refractivity contribution in [2.24, 2.45) is 0 Å².